The molecule has 0 aliphatic rings. The van der Waals surface area contributed by atoms with E-state index in [0.717, 1.165) is 20.9 Å². The first kappa shape index (κ1) is 19.1. The van der Waals surface area contributed by atoms with Crippen molar-refractivity contribution in [1.82, 2.24) is 14.5 Å². The SMILES string of the molecule is O=c1c2[nH]c3ccccc3c2nc(SCc2ccc(Br)cc2)n1-c1ccc(F)cc1. The van der Waals surface area contributed by atoms with Crippen molar-refractivity contribution in [3.8, 4) is 5.69 Å². The average molecular weight is 480 g/mol. The van der Waals surface area contributed by atoms with Crippen LogP contribution in [0.1, 0.15) is 5.56 Å². The fourth-order valence-electron chi connectivity index (χ4n) is 3.39. The normalized spacial score (nSPS) is 11.4. The van der Waals surface area contributed by atoms with Crippen molar-refractivity contribution in [2.75, 3.05) is 0 Å². The molecule has 0 bridgehead atoms. The zero-order chi connectivity index (χ0) is 20.7. The maximum Gasteiger partial charge on any atom is 0.283 e. The van der Waals surface area contributed by atoms with Crippen LogP contribution in [0, 0.1) is 5.82 Å². The van der Waals surface area contributed by atoms with Gasteiger partial charge in [-0.15, -0.1) is 0 Å². The van der Waals surface area contributed by atoms with E-state index in [1.165, 1.54) is 23.9 Å². The standard InChI is InChI=1S/C23H15BrFN3OS/c24-15-7-5-14(6-8-15)13-30-23-27-20-18-3-1-2-4-19(18)26-21(20)22(29)28(23)17-11-9-16(25)10-12-17/h1-12,26H,13H2. The van der Waals surface area contributed by atoms with E-state index in [1.54, 1.807) is 16.7 Å². The van der Waals surface area contributed by atoms with Gasteiger partial charge >= 0.3 is 0 Å². The number of aromatic amines is 1. The Bertz CT molecular complexity index is 1430. The highest BCUT2D eigenvalue weighted by Gasteiger charge is 2.17. The number of hydrogen-bond acceptors (Lipinski definition) is 3. The van der Waals surface area contributed by atoms with Gasteiger partial charge in [0.05, 0.1) is 5.69 Å². The van der Waals surface area contributed by atoms with E-state index in [2.05, 4.69) is 20.9 Å². The number of rotatable bonds is 4. The largest absolute Gasteiger partial charge is 0.349 e. The molecule has 0 radical (unpaired) electrons. The lowest BCUT2D eigenvalue weighted by atomic mass is 10.2. The molecule has 2 aromatic heterocycles. The van der Waals surface area contributed by atoms with Crippen LogP contribution in [0.2, 0.25) is 0 Å². The lowest BCUT2D eigenvalue weighted by molar-refractivity contribution is 0.627. The van der Waals surface area contributed by atoms with Crippen molar-refractivity contribution >= 4 is 49.6 Å². The van der Waals surface area contributed by atoms with Crippen LogP contribution >= 0.6 is 27.7 Å². The van der Waals surface area contributed by atoms with Crippen LogP contribution in [0.25, 0.3) is 27.6 Å². The van der Waals surface area contributed by atoms with Gasteiger partial charge in [-0.1, -0.05) is 58.0 Å². The summed E-state index contributed by atoms with van der Waals surface area (Å²) < 4.78 is 16.0. The van der Waals surface area contributed by atoms with Crippen LogP contribution in [0.4, 0.5) is 4.39 Å². The molecule has 0 saturated carbocycles. The van der Waals surface area contributed by atoms with Crippen LogP contribution < -0.4 is 5.56 Å². The van der Waals surface area contributed by atoms with E-state index in [9.17, 15) is 9.18 Å². The number of hydrogen-bond donors (Lipinski definition) is 1. The van der Waals surface area contributed by atoms with Crippen LogP contribution in [-0.4, -0.2) is 14.5 Å². The molecule has 0 unspecified atom stereocenters. The molecule has 0 atom stereocenters. The smallest absolute Gasteiger partial charge is 0.283 e. The van der Waals surface area contributed by atoms with E-state index >= 15 is 0 Å². The molecular formula is C23H15BrFN3OS. The average Bonchev–Trinajstić information content (AvgIpc) is 3.13. The Labute approximate surface area is 183 Å². The molecule has 2 heterocycles. The topological polar surface area (TPSA) is 50.7 Å². The molecule has 4 nitrogen and oxygen atoms in total. The number of nitrogens with one attached hydrogen (secondary N) is 1. The first-order chi connectivity index (χ1) is 14.6. The molecule has 7 heteroatoms. The van der Waals surface area contributed by atoms with Gasteiger partial charge in [0.2, 0.25) is 0 Å². The molecule has 0 aliphatic carbocycles. The summed E-state index contributed by atoms with van der Waals surface area (Å²) in [4.78, 5) is 21.5. The number of fused-ring (bicyclic) bond motifs is 3. The summed E-state index contributed by atoms with van der Waals surface area (Å²) in [6.45, 7) is 0. The third kappa shape index (κ3) is 3.44. The molecule has 5 aromatic rings. The molecule has 1 N–H and O–H groups in total. The first-order valence-electron chi connectivity index (χ1n) is 9.27. The number of H-pyrrole nitrogens is 1. The Balaban J connectivity index is 1.69. The van der Waals surface area contributed by atoms with Gasteiger partial charge in [0.1, 0.15) is 16.9 Å². The van der Waals surface area contributed by atoms with Crippen molar-refractivity contribution in [1.29, 1.82) is 0 Å². The van der Waals surface area contributed by atoms with Crippen molar-refractivity contribution in [2.24, 2.45) is 0 Å². The number of para-hydroxylation sites is 1. The Morgan fingerprint density at radius 2 is 1.73 bits per heavy atom. The number of benzene rings is 3. The Morgan fingerprint density at radius 1 is 1.00 bits per heavy atom. The lowest BCUT2D eigenvalue weighted by Gasteiger charge is -2.12. The Morgan fingerprint density at radius 3 is 2.50 bits per heavy atom. The van der Waals surface area contributed by atoms with Crippen molar-refractivity contribution < 1.29 is 4.39 Å². The Kier molecular flexibility index (Phi) is 4.92. The summed E-state index contributed by atoms with van der Waals surface area (Å²) in [7, 11) is 0. The van der Waals surface area contributed by atoms with Gasteiger partial charge in [0.25, 0.3) is 5.56 Å². The van der Waals surface area contributed by atoms with Crippen LogP contribution in [0.15, 0.2) is 87.2 Å². The predicted molar refractivity (Wildman–Crippen MR) is 123 cm³/mol. The van der Waals surface area contributed by atoms with E-state index in [0.29, 0.717) is 27.6 Å². The number of nitrogens with zero attached hydrogens (tertiary/aromatic N) is 2. The first-order valence-corrected chi connectivity index (χ1v) is 11.0. The molecule has 0 amide bonds. The van der Waals surface area contributed by atoms with Crippen molar-refractivity contribution in [3.63, 3.8) is 0 Å². The number of thioether (sulfide) groups is 1. The van der Waals surface area contributed by atoms with Gasteiger partial charge in [-0.3, -0.25) is 9.36 Å². The second-order valence-corrected chi connectivity index (χ2v) is 8.68. The molecule has 3 aromatic carbocycles. The fraction of sp³-hybridized carbons (Fsp3) is 0.0435. The van der Waals surface area contributed by atoms with Crippen molar-refractivity contribution in [3.05, 3.63) is 99.0 Å². The van der Waals surface area contributed by atoms with Gasteiger partial charge in [0.15, 0.2) is 5.16 Å². The second kappa shape index (κ2) is 7.74. The minimum atomic E-state index is -0.351. The maximum absolute atomic E-state index is 13.5. The fourth-order valence-corrected chi connectivity index (χ4v) is 4.61. The highest BCUT2D eigenvalue weighted by Crippen LogP contribution is 2.28. The summed E-state index contributed by atoms with van der Waals surface area (Å²) in [6.07, 6.45) is 0. The third-order valence-corrected chi connectivity index (χ3v) is 6.40. The lowest BCUT2D eigenvalue weighted by Crippen LogP contribution is -2.21. The summed E-state index contributed by atoms with van der Waals surface area (Å²) in [5.74, 6) is 0.296. The Hall–Kier alpha value is -2.90. The summed E-state index contributed by atoms with van der Waals surface area (Å²) >= 11 is 4.92. The van der Waals surface area contributed by atoms with Gasteiger partial charge in [-0.25, -0.2) is 9.37 Å². The molecule has 0 saturated heterocycles. The van der Waals surface area contributed by atoms with Crippen LogP contribution in [0.5, 0.6) is 0 Å². The van der Waals surface area contributed by atoms with Gasteiger partial charge in [-0.2, -0.15) is 0 Å². The van der Waals surface area contributed by atoms with E-state index in [4.69, 9.17) is 4.98 Å². The monoisotopic (exact) mass is 479 g/mol. The maximum atomic E-state index is 13.5. The highest BCUT2D eigenvalue weighted by atomic mass is 79.9. The minimum Gasteiger partial charge on any atom is -0.349 e. The molecule has 0 spiro atoms. The molecule has 148 valence electrons. The highest BCUT2D eigenvalue weighted by molar-refractivity contribution is 9.10. The molecule has 30 heavy (non-hydrogen) atoms. The zero-order valence-electron chi connectivity index (χ0n) is 15.6. The summed E-state index contributed by atoms with van der Waals surface area (Å²) in [6, 6.07) is 21.6. The number of aromatic nitrogens is 3. The van der Waals surface area contributed by atoms with Gasteiger partial charge in [0, 0.05) is 21.1 Å². The second-order valence-electron chi connectivity index (χ2n) is 6.82. The van der Waals surface area contributed by atoms with Crippen LogP contribution in [-0.2, 0) is 5.75 Å². The van der Waals surface area contributed by atoms with Crippen LogP contribution in [0.3, 0.4) is 0 Å². The molecule has 5 rings (SSSR count). The molecule has 0 fully saturated rings. The van der Waals surface area contributed by atoms with Gasteiger partial charge in [-0.05, 0) is 48.0 Å². The minimum absolute atomic E-state index is 0.207. The molecule has 0 aliphatic heterocycles. The van der Waals surface area contributed by atoms with Gasteiger partial charge < -0.3 is 4.98 Å². The third-order valence-electron chi connectivity index (χ3n) is 4.86. The predicted octanol–water partition coefficient (Wildman–Crippen LogP) is 6.06. The van der Waals surface area contributed by atoms with E-state index in [1.807, 2.05) is 48.5 Å². The zero-order valence-corrected chi connectivity index (χ0v) is 18.0. The molecular weight excluding hydrogens is 465 g/mol. The van der Waals surface area contributed by atoms with E-state index < -0.39 is 0 Å². The van der Waals surface area contributed by atoms with E-state index in [-0.39, 0.29) is 11.4 Å². The number of halogens is 2. The quantitative estimate of drug-likeness (QED) is 0.251. The summed E-state index contributed by atoms with van der Waals surface area (Å²) in [5, 5.41) is 1.47. The van der Waals surface area contributed by atoms with Crippen molar-refractivity contribution in [2.45, 2.75) is 10.9 Å². The summed E-state index contributed by atoms with van der Waals surface area (Å²) in [5.41, 5.74) is 3.43.